The molecule has 16 heavy (non-hydrogen) atoms. The van der Waals surface area contributed by atoms with E-state index in [0.717, 1.165) is 12.2 Å². The number of aromatic nitrogens is 2. The highest BCUT2D eigenvalue weighted by atomic mass is 15.3. The Morgan fingerprint density at radius 3 is 2.69 bits per heavy atom. The number of hydrogen-bond acceptors (Lipinski definition) is 2. The SMILES string of the molecule is CCCCCC(NC)c1cc(C)nn1CC. The highest BCUT2D eigenvalue weighted by Gasteiger charge is 2.14. The van der Waals surface area contributed by atoms with Gasteiger partial charge in [0.15, 0.2) is 0 Å². The summed E-state index contributed by atoms with van der Waals surface area (Å²) in [6.45, 7) is 7.41. The van der Waals surface area contributed by atoms with Crippen molar-refractivity contribution in [1.82, 2.24) is 15.1 Å². The van der Waals surface area contributed by atoms with Crippen molar-refractivity contribution in [2.75, 3.05) is 7.05 Å². The summed E-state index contributed by atoms with van der Waals surface area (Å²) < 4.78 is 2.11. The zero-order valence-electron chi connectivity index (χ0n) is 11.1. The second kappa shape index (κ2) is 6.69. The summed E-state index contributed by atoms with van der Waals surface area (Å²) in [6.07, 6.45) is 5.09. The second-order valence-electron chi connectivity index (χ2n) is 4.36. The first-order chi connectivity index (χ1) is 7.72. The molecule has 3 heteroatoms. The molecular formula is C13H25N3. The van der Waals surface area contributed by atoms with Crippen LogP contribution < -0.4 is 5.32 Å². The lowest BCUT2D eigenvalue weighted by Crippen LogP contribution is -2.20. The van der Waals surface area contributed by atoms with Gasteiger partial charge in [0.25, 0.3) is 0 Å². The summed E-state index contributed by atoms with van der Waals surface area (Å²) in [4.78, 5) is 0. The maximum Gasteiger partial charge on any atom is 0.0597 e. The van der Waals surface area contributed by atoms with E-state index in [1.807, 2.05) is 7.05 Å². The number of unbranched alkanes of at least 4 members (excludes halogenated alkanes) is 2. The third-order valence-corrected chi connectivity index (χ3v) is 3.03. The van der Waals surface area contributed by atoms with Gasteiger partial charge < -0.3 is 5.32 Å². The molecule has 0 bridgehead atoms. The summed E-state index contributed by atoms with van der Waals surface area (Å²) in [5, 5.41) is 7.91. The Kier molecular flexibility index (Phi) is 5.53. The van der Waals surface area contributed by atoms with Gasteiger partial charge in [-0.2, -0.15) is 5.10 Å². The lowest BCUT2D eigenvalue weighted by molar-refractivity contribution is 0.467. The van der Waals surface area contributed by atoms with Gasteiger partial charge in [0.2, 0.25) is 0 Å². The molecule has 1 unspecified atom stereocenters. The second-order valence-corrected chi connectivity index (χ2v) is 4.36. The summed E-state index contributed by atoms with van der Waals surface area (Å²) in [6, 6.07) is 2.66. The van der Waals surface area contributed by atoms with Crippen LogP contribution in [0, 0.1) is 6.92 Å². The monoisotopic (exact) mass is 223 g/mol. The predicted molar refractivity (Wildman–Crippen MR) is 68.6 cm³/mol. The van der Waals surface area contributed by atoms with Crippen LogP contribution in [0.25, 0.3) is 0 Å². The van der Waals surface area contributed by atoms with Crippen molar-refractivity contribution < 1.29 is 0 Å². The van der Waals surface area contributed by atoms with E-state index in [-0.39, 0.29) is 0 Å². The van der Waals surface area contributed by atoms with Crippen LogP contribution in [0.1, 0.15) is 57.0 Å². The number of aryl methyl sites for hydroxylation is 2. The molecule has 0 aromatic carbocycles. The maximum absolute atomic E-state index is 4.50. The van der Waals surface area contributed by atoms with Crippen LogP contribution in [0.4, 0.5) is 0 Å². The Balaban J connectivity index is 2.69. The third-order valence-electron chi connectivity index (χ3n) is 3.03. The molecule has 0 radical (unpaired) electrons. The topological polar surface area (TPSA) is 29.9 Å². The van der Waals surface area contributed by atoms with Gasteiger partial charge in [-0.15, -0.1) is 0 Å². The van der Waals surface area contributed by atoms with Crippen molar-refractivity contribution in [2.24, 2.45) is 0 Å². The largest absolute Gasteiger partial charge is 0.312 e. The van der Waals surface area contributed by atoms with Gasteiger partial charge in [-0.3, -0.25) is 4.68 Å². The van der Waals surface area contributed by atoms with Gasteiger partial charge in [-0.25, -0.2) is 0 Å². The zero-order valence-corrected chi connectivity index (χ0v) is 11.1. The third kappa shape index (κ3) is 3.34. The Bertz CT molecular complexity index is 304. The number of nitrogens with one attached hydrogen (secondary N) is 1. The normalized spacial score (nSPS) is 13.0. The fourth-order valence-electron chi connectivity index (χ4n) is 2.14. The fourth-order valence-corrected chi connectivity index (χ4v) is 2.14. The molecule has 0 fully saturated rings. The number of rotatable bonds is 7. The molecule has 0 amide bonds. The highest BCUT2D eigenvalue weighted by Crippen LogP contribution is 2.20. The predicted octanol–water partition coefficient (Wildman–Crippen LogP) is 3.05. The summed E-state index contributed by atoms with van der Waals surface area (Å²) >= 11 is 0. The van der Waals surface area contributed by atoms with Gasteiger partial charge in [0.1, 0.15) is 0 Å². The van der Waals surface area contributed by atoms with Crippen LogP contribution in [-0.2, 0) is 6.54 Å². The molecule has 92 valence electrons. The molecule has 1 aromatic rings. The minimum atomic E-state index is 0.452. The van der Waals surface area contributed by atoms with Crippen molar-refractivity contribution in [1.29, 1.82) is 0 Å². The molecule has 0 aliphatic heterocycles. The molecular weight excluding hydrogens is 198 g/mol. The standard InChI is InChI=1S/C13H25N3/c1-5-7-8-9-12(14-4)13-10-11(3)15-16(13)6-2/h10,12,14H,5-9H2,1-4H3. The van der Waals surface area contributed by atoms with Crippen molar-refractivity contribution in [2.45, 2.75) is 59.0 Å². The van der Waals surface area contributed by atoms with Crippen LogP contribution in [0.5, 0.6) is 0 Å². The molecule has 3 nitrogen and oxygen atoms in total. The van der Waals surface area contributed by atoms with Gasteiger partial charge >= 0.3 is 0 Å². The van der Waals surface area contributed by atoms with Crippen LogP contribution >= 0.6 is 0 Å². The Morgan fingerprint density at radius 1 is 1.38 bits per heavy atom. The van der Waals surface area contributed by atoms with Gasteiger partial charge in [0.05, 0.1) is 11.4 Å². The first-order valence-electron chi connectivity index (χ1n) is 6.44. The van der Waals surface area contributed by atoms with Crippen molar-refractivity contribution in [3.63, 3.8) is 0 Å². The average molecular weight is 223 g/mol. The Hall–Kier alpha value is -0.830. The smallest absolute Gasteiger partial charge is 0.0597 e. The lowest BCUT2D eigenvalue weighted by atomic mass is 10.1. The molecule has 1 heterocycles. The zero-order chi connectivity index (χ0) is 12.0. The van der Waals surface area contributed by atoms with Crippen LogP contribution in [-0.4, -0.2) is 16.8 Å². The molecule has 0 saturated carbocycles. The first-order valence-corrected chi connectivity index (χ1v) is 6.44. The molecule has 0 spiro atoms. The van der Waals surface area contributed by atoms with Gasteiger partial charge in [-0.1, -0.05) is 26.2 Å². The van der Waals surface area contributed by atoms with Crippen LogP contribution in [0.2, 0.25) is 0 Å². The number of nitrogens with zero attached hydrogens (tertiary/aromatic N) is 2. The molecule has 0 aliphatic rings. The molecule has 1 aromatic heterocycles. The lowest BCUT2D eigenvalue weighted by Gasteiger charge is -2.17. The Labute approximate surface area is 99.2 Å². The van der Waals surface area contributed by atoms with E-state index >= 15 is 0 Å². The van der Waals surface area contributed by atoms with Crippen molar-refractivity contribution in [3.05, 3.63) is 17.5 Å². The van der Waals surface area contributed by atoms with E-state index in [1.54, 1.807) is 0 Å². The highest BCUT2D eigenvalue weighted by molar-refractivity contribution is 5.13. The fraction of sp³-hybridized carbons (Fsp3) is 0.769. The van der Waals surface area contributed by atoms with E-state index in [9.17, 15) is 0 Å². The van der Waals surface area contributed by atoms with E-state index < -0.39 is 0 Å². The van der Waals surface area contributed by atoms with Gasteiger partial charge in [0, 0.05) is 12.6 Å². The van der Waals surface area contributed by atoms with E-state index in [0.29, 0.717) is 6.04 Å². The quantitative estimate of drug-likeness (QED) is 0.720. The van der Waals surface area contributed by atoms with Gasteiger partial charge in [-0.05, 0) is 33.4 Å². The molecule has 0 saturated heterocycles. The molecule has 1 atom stereocenters. The summed E-state index contributed by atoms with van der Waals surface area (Å²) in [7, 11) is 2.04. The summed E-state index contributed by atoms with van der Waals surface area (Å²) in [5.41, 5.74) is 2.45. The van der Waals surface area contributed by atoms with E-state index in [1.165, 1.54) is 31.4 Å². The maximum atomic E-state index is 4.50. The van der Waals surface area contributed by atoms with Crippen molar-refractivity contribution >= 4 is 0 Å². The van der Waals surface area contributed by atoms with Crippen LogP contribution in [0.15, 0.2) is 6.07 Å². The first kappa shape index (κ1) is 13.2. The molecule has 1 N–H and O–H groups in total. The molecule has 1 rings (SSSR count). The van der Waals surface area contributed by atoms with Crippen LogP contribution in [0.3, 0.4) is 0 Å². The minimum Gasteiger partial charge on any atom is -0.312 e. The number of hydrogen-bond donors (Lipinski definition) is 1. The van der Waals surface area contributed by atoms with E-state index in [2.05, 4.69) is 41.9 Å². The van der Waals surface area contributed by atoms with Crippen molar-refractivity contribution in [3.8, 4) is 0 Å². The van der Waals surface area contributed by atoms with E-state index in [4.69, 9.17) is 0 Å². The average Bonchev–Trinajstić information content (AvgIpc) is 2.66. The molecule has 0 aliphatic carbocycles. The Morgan fingerprint density at radius 2 is 2.12 bits per heavy atom. The summed E-state index contributed by atoms with van der Waals surface area (Å²) in [5.74, 6) is 0. The minimum absolute atomic E-state index is 0.452.